The molecule has 124 valence electrons. The highest BCUT2D eigenvalue weighted by Crippen LogP contribution is 2.33. The van der Waals surface area contributed by atoms with Gasteiger partial charge in [-0.25, -0.2) is 9.37 Å². The minimum absolute atomic E-state index is 0.000547. The van der Waals surface area contributed by atoms with E-state index >= 15 is 0 Å². The predicted octanol–water partition coefficient (Wildman–Crippen LogP) is 1.99. The van der Waals surface area contributed by atoms with E-state index in [-0.39, 0.29) is 29.4 Å². The van der Waals surface area contributed by atoms with Gasteiger partial charge in [0.2, 0.25) is 0 Å². The first kappa shape index (κ1) is 15.1. The summed E-state index contributed by atoms with van der Waals surface area (Å²) in [6.07, 6.45) is 2.92. The van der Waals surface area contributed by atoms with Crippen molar-refractivity contribution < 1.29 is 9.18 Å². The number of nitrogens with one attached hydrogen (secondary N) is 1. The van der Waals surface area contributed by atoms with Crippen LogP contribution in [0.15, 0.2) is 29.1 Å². The van der Waals surface area contributed by atoms with E-state index in [0.29, 0.717) is 29.8 Å². The van der Waals surface area contributed by atoms with Crippen molar-refractivity contribution in [2.24, 2.45) is 0 Å². The minimum atomic E-state index is -0.357. The molecule has 5 nitrogen and oxygen atoms in total. The molecule has 2 aliphatic heterocycles. The Morgan fingerprint density at radius 3 is 2.58 bits per heavy atom. The molecule has 24 heavy (non-hydrogen) atoms. The SMILES string of the molecule is Cc1nc2c(c(=O)[nH]1)C[C@H]1CC[C@@H](C2)N1C(=O)c1ccc(F)cc1. The first-order chi connectivity index (χ1) is 11.5. The van der Waals surface area contributed by atoms with Gasteiger partial charge in [0.25, 0.3) is 11.5 Å². The maximum absolute atomic E-state index is 13.1. The number of fused-ring (bicyclic) bond motifs is 3. The van der Waals surface area contributed by atoms with Crippen LogP contribution in [-0.4, -0.2) is 32.9 Å². The normalized spacial score (nSPS) is 22.2. The third kappa shape index (κ3) is 2.42. The Hall–Kier alpha value is -2.50. The van der Waals surface area contributed by atoms with E-state index < -0.39 is 0 Å². The van der Waals surface area contributed by atoms with Gasteiger partial charge in [-0.05, 0) is 44.0 Å². The maximum Gasteiger partial charge on any atom is 0.254 e. The van der Waals surface area contributed by atoms with Gasteiger partial charge in [0.05, 0.1) is 5.69 Å². The lowest BCUT2D eigenvalue weighted by atomic mass is 9.98. The largest absolute Gasteiger partial charge is 0.332 e. The van der Waals surface area contributed by atoms with E-state index in [0.717, 1.165) is 18.5 Å². The molecule has 2 aliphatic rings. The summed E-state index contributed by atoms with van der Waals surface area (Å²) in [6, 6.07) is 5.69. The first-order valence-corrected chi connectivity index (χ1v) is 8.20. The lowest BCUT2D eigenvalue weighted by molar-refractivity contribution is 0.0673. The van der Waals surface area contributed by atoms with Crippen molar-refractivity contribution in [3.05, 3.63) is 63.1 Å². The molecule has 1 aromatic heterocycles. The van der Waals surface area contributed by atoms with Crippen molar-refractivity contribution >= 4 is 5.91 Å². The molecule has 2 bridgehead atoms. The highest BCUT2D eigenvalue weighted by atomic mass is 19.1. The number of hydrogen-bond donors (Lipinski definition) is 1. The average molecular weight is 327 g/mol. The molecule has 6 heteroatoms. The average Bonchev–Trinajstić information content (AvgIpc) is 2.83. The molecule has 0 radical (unpaired) electrons. The number of aromatic amines is 1. The van der Waals surface area contributed by atoms with Crippen LogP contribution in [0, 0.1) is 12.7 Å². The number of amides is 1. The van der Waals surface area contributed by atoms with Crippen molar-refractivity contribution in [2.45, 2.75) is 44.7 Å². The number of halogens is 1. The summed E-state index contributed by atoms with van der Waals surface area (Å²) < 4.78 is 13.1. The minimum Gasteiger partial charge on any atom is -0.332 e. The van der Waals surface area contributed by atoms with Gasteiger partial charge in [0, 0.05) is 36.1 Å². The number of rotatable bonds is 1. The van der Waals surface area contributed by atoms with Gasteiger partial charge in [-0.3, -0.25) is 9.59 Å². The van der Waals surface area contributed by atoms with Crippen LogP contribution < -0.4 is 5.56 Å². The second-order valence-corrected chi connectivity index (χ2v) is 6.59. The second-order valence-electron chi connectivity index (χ2n) is 6.59. The molecular formula is C18H18FN3O2. The highest BCUT2D eigenvalue weighted by molar-refractivity contribution is 5.95. The molecule has 1 fully saturated rings. The lowest BCUT2D eigenvalue weighted by Crippen LogP contribution is -2.41. The van der Waals surface area contributed by atoms with Crippen LogP contribution in [0.5, 0.6) is 0 Å². The van der Waals surface area contributed by atoms with Crippen LogP contribution in [0.4, 0.5) is 4.39 Å². The number of H-pyrrole nitrogens is 1. The molecule has 1 saturated heterocycles. The Balaban J connectivity index is 1.70. The van der Waals surface area contributed by atoms with Crippen LogP contribution in [0.3, 0.4) is 0 Å². The fourth-order valence-corrected chi connectivity index (χ4v) is 3.94. The first-order valence-electron chi connectivity index (χ1n) is 8.20. The second kappa shape index (κ2) is 5.54. The van der Waals surface area contributed by atoms with Crippen molar-refractivity contribution in [1.82, 2.24) is 14.9 Å². The van der Waals surface area contributed by atoms with Gasteiger partial charge >= 0.3 is 0 Å². The van der Waals surface area contributed by atoms with Crippen LogP contribution in [0.2, 0.25) is 0 Å². The standard InChI is InChI=1S/C18H18FN3O2/c1-10-20-16-9-14-7-6-13(8-15(16)17(23)21-10)22(14)18(24)11-2-4-12(19)5-3-11/h2-5,13-14H,6-9H2,1H3,(H,20,21,23)/t13-,14+/m1/s1. The van der Waals surface area contributed by atoms with Crippen molar-refractivity contribution in [3.63, 3.8) is 0 Å². The molecule has 3 heterocycles. The number of nitrogens with zero attached hydrogens (tertiary/aromatic N) is 2. The van der Waals surface area contributed by atoms with Crippen molar-refractivity contribution in [2.75, 3.05) is 0 Å². The summed E-state index contributed by atoms with van der Waals surface area (Å²) in [7, 11) is 0. The zero-order valence-electron chi connectivity index (χ0n) is 13.4. The number of hydrogen-bond acceptors (Lipinski definition) is 3. The molecular weight excluding hydrogens is 309 g/mol. The van der Waals surface area contributed by atoms with Crippen LogP contribution in [-0.2, 0) is 12.8 Å². The summed E-state index contributed by atoms with van der Waals surface area (Å²) in [5.74, 6) is 0.153. The van der Waals surface area contributed by atoms with E-state index in [1.807, 2.05) is 4.90 Å². The summed E-state index contributed by atoms with van der Waals surface area (Å²) in [4.78, 5) is 34.3. The van der Waals surface area contributed by atoms with Gasteiger partial charge in [-0.1, -0.05) is 0 Å². The van der Waals surface area contributed by atoms with Crippen LogP contribution in [0.1, 0.15) is 40.3 Å². The zero-order chi connectivity index (χ0) is 16.8. The smallest absolute Gasteiger partial charge is 0.254 e. The highest BCUT2D eigenvalue weighted by Gasteiger charge is 2.41. The Labute approximate surface area is 138 Å². The van der Waals surface area contributed by atoms with Gasteiger partial charge in [0.1, 0.15) is 11.6 Å². The third-order valence-corrected chi connectivity index (χ3v) is 5.03. The molecule has 0 saturated carbocycles. The molecule has 1 amide bonds. The molecule has 4 rings (SSSR count). The van der Waals surface area contributed by atoms with Gasteiger partial charge in [-0.15, -0.1) is 0 Å². The molecule has 0 unspecified atom stereocenters. The number of carbonyl (C=O) groups is 1. The Morgan fingerprint density at radius 2 is 1.88 bits per heavy atom. The maximum atomic E-state index is 13.1. The molecule has 1 N–H and O–H groups in total. The van der Waals surface area contributed by atoms with E-state index in [9.17, 15) is 14.0 Å². The topological polar surface area (TPSA) is 66.1 Å². The summed E-state index contributed by atoms with van der Waals surface area (Å²) in [6.45, 7) is 1.77. The Morgan fingerprint density at radius 1 is 1.21 bits per heavy atom. The van der Waals surface area contributed by atoms with Crippen LogP contribution in [0.25, 0.3) is 0 Å². The summed E-state index contributed by atoms with van der Waals surface area (Å²) in [5.41, 5.74) is 1.89. The third-order valence-electron chi connectivity index (χ3n) is 5.03. The molecule has 2 atom stereocenters. The molecule has 1 aromatic carbocycles. The summed E-state index contributed by atoms with van der Waals surface area (Å²) in [5, 5.41) is 0. The Kier molecular flexibility index (Phi) is 3.48. The number of aromatic nitrogens is 2. The predicted molar refractivity (Wildman–Crippen MR) is 86.4 cm³/mol. The van der Waals surface area contributed by atoms with E-state index in [2.05, 4.69) is 9.97 Å². The van der Waals surface area contributed by atoms with Gasteiger partial charge in [-0.2, -0.15) is 0 Å². The van der Waals surface area contributed by atoms with Crippen LogP contribution >= 0.6 is 0 Å². The monoisotopic (exact) mass is 327 g/mol. The zero-order valence-corrected chi connectivity index (χ0v) is 13.4. The fourth-order valence-electron chi connectivity index (χ4n) is 3.94. The molecule has 0 spiro atoms. The molecule has 0 aliphatic carbocycles. The number of aryl methyl sites for hydroxylation is 1. The molecule has 2 aromatic rings. The van der Waals surface area contributed by atoms with Crippen molar-refractivity contribution in [1.29, 1.82) is 0 Å². The number of carbonyl (C=O) groups excluding carboxylic acids is 1. The van der Waals surface area contributed by atoms with E-state index in [1.54, 1.807) is 6.92 Å². The van der Waals surface area contributed by atoms with Gasteiger partial charge in [0.15, 0.2) is 0 Å². The Bertz CT molecular complexity index is 860. The quantitative estimate of drug-likeness (QED) is 0.871. The number of benzene rings is 1. The van der Waals surface area contributed by atoms with E-state index in [4.69, 9.17) is 0 Å². The summed E-state index contributed by atoms with van der Waals surface area (Å²) >= 11 is 0. The van der Waals surface area contributed by atoms with Crippen molar-refractivity contribution in [3.8, 4) is 0 Å². The fraction of sp³-hybridized carbons (Fsp3) is 0.389. The lowest BCUT2D eigenvalue weighted by Gasteiger charge is -2.28. The van der Waals surface area contributed by atoms with Gasteiger partial charge < -0.3 is 9.88 Å². The van der Waals surface area contributed by atoms with E-state index in [1.165, 1.54) is 24.3 Å².